The minimum atomic E-state index is -3.86. The van der Waals surface area contributed by atoms with Crippen molar-refractivity contribution in [3.05, 3.63) is 53.1 Å². The van der Waals surface area contributed by atoms with Crippen LogP contribution in [0.3, 0.4) is 0 Å². The Labute approximate surface area is 205 Å². The van der Waals surface area contributed by atoms with Gasteiger partial charge in [0.05, 0.1) is 26.2 Å². The highest BCUT2D eigenvalue weighted by molar-refractivity contribution is 7.92. The quantitative estimate of drug-likeness (QED) is 0.497. The number of sulfonamides is 1. The zero-order chi connectivity index (χ0) is 25.5. The van der Waals surface area contributed by atoms with Crippen molar-refractivity contribution >= 4 is 39.1 Å². The van der Waals surface area contributed by atoms with Gasteiger partial charge in [-0.25, -0.2) is 8.42 Å². The van der Waals surface area contributed by atoms with Gasteiger partial charge in [-0.3, -0.25) is 13.9 Å². The van der Waals surface area contributed by atoms with Crippen LogP contribution in [-0.4, -0.2) is 65.2 Å². The fourth-order valence-electron chi connectivity index (χ4n) is 3.47. The number of nitrogens with one attached hydrogen (secondary N) is 1. The molecule has 0 aliphatic heterocycles. The van der Waals surface area contributed by atoms with Gasteiger partial charge in [0.15, 0.2) is 11.5 Å². The van der Waals surface area contributed by atoms with Gasteiger partial charge in [-0.1, -0.05) is 30.7 Å². The molecule has 0 unspecified atom stereocenters. The molecule has 0 bridgehead atoms. The van der Waals surface area contributed by atoms with Crippen molar-refractivity contribution in [2.24, 2.45) is 0 Å². The normalized spacial score (nSPS) is 11.9. The van der Waals surface area contributed by atoms with Gasteiger partial charge >= 0.3 is 0 Å². The van der Waals surface area contributed by atoms with Crippen LogP contribution in [0.25, 0.3) is 0 Å². The number of amides is 2. The van der Waals surface area contributed by atoms with Crippen molar-refractivity contribution in [1.82, 2.24) is 10.2 Å². The molecule has 0 saturated carbocycles. The largest absolute Gasteiger partial charge is 0.493 e. The van der Waals surface area contributed by atoms with Gasteiger partial charge in [-0.2, -0.15) is 0 Å². The van der Waals surface area contributed by atoms with Crippen LogP contribution in [0.4, 0.5) is 5.69 Å². The van der Waals surface area contributed by atoms with E-state index in [1.807, 2.05) is 0 Å². The summed E-state index contributed by atoms with van der Waals surface area (Å²) in [6.45, 7) is 1.38. The van der Waals surface area contributed by atoms with E-state index in [0.29, 0.717) is 22.9 Å². The van der Waals surface area contributed by atoms with Gasteiger partial charge in [-0.15, -0.1) is 0 Å². The first-order chi connectivity index (χ1) is 16.0. The number of nitrogens with zero attached hydrogens (tertiary/aromatic N) is 2. The highest BCUT2D eigenvalue weighted by Gasteiger charge is 2.31. The molecule has 9 nitrogen and oxygen atoms in total. The standard InChI is InChI=1S/C23H30ClN3O6S/c1-6-19(23(29)25-2)26(14-16-7-9-17(24)10-8-16)22(28)15-27(34(5,30)31)18-11-12-20(32-3)21(13-18)33-4/h7-13,19H,6,14-15H2,1-5H3,(H,25,29)/t19-/m1/s1. The van der Waals surface area contributed by atoms with E-state index >= 15 is 0 Å². The molecule has 1 atom stereocenters. The predicted octanol–water partition coefficient (Wildman–Crippen LogP) is 2.68. The third-order valence-corrected chi connectivity index (χ3v) is 6.63. The topological polar surface area (TPSA) is 105 Å². The summed E-state index contributed by atoms with van der Waals surface area (Å²) < 4.78 is 36.8. The summed E-state index contributed by atoms with van der Waals surface area (Å²) in [6.07, 6.45) is 1.35. The molecular formula is C23H30ClN3O6S. The number of likely N-dealkylation sites (N-methyl/N-ethyl adjacent to an activating group) is 1. The van der Waals surface area contributed by atoms with Crippen LogP contribution in [0.1, 0.15) is 18.9 Å². The number of benzene rings is 2. The van der Waals surface area contributed by atoms with E-state index in [0.717, 1.165) is 16.1 Å². The SMILES string of the molecule is CC[C@H](C(=O)NC)N(Cc1ccc(Cl)cc1)C(=O)CN(c1ccc(OC)c(OC)c1)S(C)(=O)=O. The van der Waals surface area contributed by atoms with Crippen LogP contribution < -0.4 is 19.1 Å². The minimum absolute atomic E-state index is 0.103. The molecule has 0 spiro atoms. The lowest BCUT2D eigenvalue weighted by Crippen LogP contribution is -2.51. The Morgan fingerprint density at radius 3 is 2.18 bits per heavy atom. The van der Waals surface area contributed by atoms with Crippen molar-refractivity contribution in [2.75, 3.05) is 38.4 Å². The summed E-state index contributed by atoms with van der Waals surface area (Å²) in [7, 11) is 0.529. The van der Waals surface area contributed by atoms with Gasteiger partial charge < -0.3 is 19.7 Å². The Morgan fingerprint density at radius 1 is 1.06 bits per heavy atom. The average Bonchev–Trinajstić information content (AvgIpc) is 2.82. The van der Waals surface area contributed by atoms with Gasteiger partial charge in [0.2, 0.25) is 21.8 Å². The van der Waals surface area contributed by atoms with Gasteiger partial charge in [0.1, 0.15) is 12.6 Å². The van der Waals surface area contributed by atoms with Crippen LogP contribution in [-0.2, 0) is 26.2 Å². The van der Waals surface area contributed by atoms with Crippen molar-refractivity contribution < 1.29 is 27.5 Å². The maximum atomic E-state index is 13.5. The Balaban J connectivity index is 2.46. The molecule has 0 radical (unpaired) electrons. The molecule has 0 heterocycles. The van der Waals surface area contributed by atoms with E-state index in [-0.39, 0.29) is 18.1 Å². The maximum absolute atomic E-state index is 13.5. The number of hydrogen-bond acceptors (Lipinski definition) is 6. The molecule has 34 heavy (non-hydrogen) atoms. The second-order valence-corrected chi connectivity index (χ2v) is 9.84. The second-order valence-electron chi connectivity index (χ2n) is 7.50. The molecule has 186 valence electrons. The molecule has 0 fully saturated rings. The number of halogens is 1. The van der Waals surface area contributed by atoms with E-state index in [4.69, 9.17) is 21.1 Å². The van der Waals surface area contributed by atoms with E-state index in [1.165, 1.54) is 38.3 Å². The Bertz CT molecular complexity index is 1110. The monoisotopic (exact) mass is 511 g/mol. The van der Waals surface area contributed by atoms with Crippen molar-refractivity contribution in [3.8, 4) is 11.5 Å². The average molecular weight is 512 g/mol. The molecule has 2 rings (SSSR count). The van der Waals surface area contributed by atoms with Crippen molar-refractivity contribution in [2.45, 2.75) is 25.9 Å². The third kappa shape index (κ3) is 6.77. The zero-order valence-corrected chi connectivity index (χ0v) is 21.4. The van der Waals surface area contributed by atoms with E-state index in [9.17, 15) is 18.0 Å². The molecule has 11 heteroatoms. The summed E-state index contributed by atoms with van der Waals surface area (Å²) in [5, 5.41) is 3.11. The smallest absolute Gasteiger partial charge is 0.244 e. The number of anilines is 1. The van der Waals surface area contributed by atoms with Crippen molar-refractivity contribution in [3.63, 3.8) is 0 Å². The highest BCUT2D eigenvalue weighted by Crippen LogP contribution is 2.32. The lowest BCUT2D eigenvalue weighted by Gasteiger charge is -2.32. The number of methoxy groups -OCH3 is 2. The fourth-order valence-corrected chi connectivity index (χ4v) is 4.43. The van der Waals surface area contributed by atoms with Crippen LogP contribution in [0.5, 0.6) is 11.5 Å². The summed E-state index contributed by atoms with van der Waals surface area (Å²) in [4.78, 5) is 27.4. The Hall–Kier alpha value is -2.98. The van der Waals surface area contributed by atoms with Gasteiger partial charge in [0.25, 0.3) is 0 Å². The van der Waals surface area contributed by atoms with E-state index in [2.05, 4.69) is 5.32 Å². The molecule has 2 aromatic carbocycles. The summed E-state index contributed by atoms with van der Waals surface area (Å²) in [6, 6.07) is 10.6. The van der Waals surface area contributed by atoms with E-state index < -0.39 is 28.5 Å². The van der Waals surface area contributed by atoms with Crippen LogP contribution in [0, 0.1) is 0 Å². The molecule has 2 aromatic rings. The van der Waals surface area contributed by atoms with Crippen molar-refractivity contribution in [1.29, 1.82) is 0 Å². The fraction of sp³-hybridized carbons (Fsp3) is 0.391. The number of rotatable bonds is 11. The molecule has 2 amide bonds. The van der Waals surface area contributed by atoms with Gasteiger partial charge in [-0.05, 0) is 36.2 Å². The van der Waals surface area contributed by atoms with Crippen LogP contribution >= 0.6 is 11.6 Å². The Kier molecular flexibility index (Phi) is 9.57. The molecule has 0 aliphatic rings. The number of hydrogen-bond donors (Lipinski definition) is 1. The third-order valence-electron chi connectivity index (χ3n) is 5.23. The number of carbonyl (C=O) groups excluding carboxylic acids is 2. The molecular weight excluding hydrogens is 482 g/mol. The second kappa shape index (κ2) is 11.9. The Morgan fingerprint density at radius 2 is 1.68 bits per heavy atom. The van der Waals surface area contributed by atoms with Crippen LogP contribution in [0.2, 0.25) is 5.02 Å². The summed E-state index contributed by atoms with van der Waals surface area (Å²) in [5.41, 5.74) is 0.977. The predicted molar refractivity (Wildman–Crippen MR) is 132 cm³/mol. The molecule has 0 saturated heterocycles. The first kappa shape index (κ1) is 27.3. The maximum Gasteiger partial charge on any atom is 0.244 e. The first-order valence-electron chi connectivity index (χ1n) is 10.5. The first-order valence-corrected chi connectivity index (χ1v) is 12.7. The van der Waals surface area contributed by atoms with E-state index in [1.54, 1.807) is 37.3 Å². The number of ether oxygens (including phenoxy) is 2. The lowest BCUT2D eigenvalue weighted by atomic mass is 10.1. The van der Waals surface area contributed by atoms with Gasteiger partial charge in [0, 0.05) is 24.7 Å². The highest BCUT2D eigenvalue weighted by atomic mass is 35.5. The molecule has 0 aromatic heterocycles. The zero-order valence-electron chi connectivity index (χ0n) is 19.9. The lowest BCUT2D eigenvalue weighted by molar-refractivity contribution is -0.140. The number of carbonyl (C=O) groups is 2. The summed E-state index contributed by atoms with van der Waals surface area (Å²) in [5.74, 6) is -0.149. The van der Waals surface area contributed by atoms with Crippen LogP contribution in [0.15, 0.2) is 42.5 Å². The molecule has 0 aliphatic carbocycles. The molecule has 1 N–H and O–H groups in total. The minimum Gasteiger partial charge on any atom is -0.493 e. The summed E-state index contributed by atoms with van der Waals surface area (Å²) >= 11 is 5.97.